The lowest BCUT2D eigenvalue weighted by Gasteiger charge is -2.07. The molecule has 0 unspecified atom stereocenters. The van der Waals surface area contributed by atoms with Crippen molar-refractivity contribution in [2.75, 3.05) is 0 Å². The van der Waals surface area contributed by atoms with E-state index in [0.717, 1.165) is 17.1 Å². The average molecular weight is 450 g/mol. The molecule has 0 atom stereocenters. The van der Waals surface area contributed by atoms with Crippen molar-refractivity contribution in [3.05, 3.63) is 101 Å². The number of benzene rings is 2. The van der Waals surface area contributed by atoms with E-state index in [2.05, 4.69) is 14.8 Å². The zero-order valence-electron chi connectivity index (χ0n) is 18.5. The summed E-state index contributed by atoms with van der Waals surface area (Å²) in [4.78, 5) is 25.2. The van der Waals surface area contributed by atoms with Crippen molar-refractivity contribution in [1.29, 1.82) is 0 Å². The van der Waals surface area contributed by atoms with Crippen LogP contribution in [0.25, 0.3) is 33.1 Å². The Bertz CT molecular complexity index is 1570. The van der Waals surface area contributed by atoms with E-state index in [-0.39, 0.29) is 18.0 Å². The summed E-state index contributed by atoms with van der Waals surface area (Å²) in [7, 11) is 1.91. The monoisotopic (exact) mass is 450 g/mol. The van der Waals surface area contributed by atoms with Crippen molar-refractivity contribution in [2.24, 2.45) is 7.05 Å². The summed E-state index contributed by atoms with van der Waals surface area (Å²) in [6.45, 7) is 8.93. The lowest BCUT2D eigenvalue weighted by Crippen LogP contribution is -2.03. The van der Waals surface area contributed by atoms with Gasteiger partial charge in [-0.25, -0.2) is 23.7 Å². The van der Waals surface area contributed by atoms with E-state index in [1.54, 1.807) is 47.1 Å². The predicted octanol–water partition coefficient (Wildman–Crippen LogP) is 5.22. The maximum absolute atomic E-state index is 13.4. The van der Waals surface area contributed by atoms with Gasteiger partial charge in [-0.2, -0.15) is 5.10 Å². The van der Waals surface area contributed by atoms with Gasteiger partial charge in [0.1, 0.15) is 17.3 Å². The largest absolute Gasteiger partial charge is 0.330 e. The van der Waals surface area contributed by atoms with E-state index >= 15 is 0 Å². The topological polar surface area (TPSA) is 69.4 Å². The lowest BCUT2D eigenvalue weighted by molar-refractivity contribution is 0.0992. The number of rotatable bonds is 5. The fraction of sp³-hybridized carbons (Fsp3) is 0.115. The normalized spacial score (nSPS) is 11.0. The van der Waals surface area contributed by atoms with Gasteiger partial charge in [0.05, 0.1) is 36.3 Å². The highest BCUT2D eigenvalue weighted by Gasteiger charge is 2.18. The first-order valence-electron chi connectivity index (χ1n) is 10.6. The highest BCUT2D eigenvalue weighted by atomic mass is 19.1. The molecule has 0 saturated carbocycles. The Morgan fingerprint density at radius 3 is 2.47 bits per heavy atom. The van der Waals surface area contributed by atoms with Crippen LogP contribution >= 0.6 is 0 Å². The van der Waals surface area contributed by atoms with E-state index in [9.17, 15) is 9.18 Å². The van der Waals surface area contributed by atoms with Crippen LogP contribution in [0, 0.1) is 19.3 Å². The van der Waals surface area contributed by atoms with Gasteiger partial charge in [0.15, 0.2) is 17.1 Å². The van der Waals surface area contributed by atoms with Crippen molar-refractivity contribution in [3.8, 4) is 22.6 Å². The first-order chi connectivity index (χ1) is 16.4. The van der Waals surface area contributed by atoms with Crippen LogP contribution in [0.1, 0.15) is 21.9 Å². The molecule has 0 aliphatic heterocycles. The third-order valence-corrected chi connectivity index (χ3v) is 5.71. The quantitative estimate of drug-likeness (QED) is 0.272. The minimum atomic E-state index is -0.305. The summed E-state index contributed by atoms with van der Waals surface area (Å²) >= 11 is 0. The molecule has 34 heavy (non-hydrogen) atoms. The second-order valence-corrected chi connectivity index (χ2v) is 7.93. The molecule has 0 saturated heterocycles. The summed E-state index contributed by atoms with van der Waals surface area (Å²) in [5.41, 5.74) is 5.24. The maximum Gasteiger partial charge on any atom is 0.187 e. The first kappa shape index (κ1) is 21.2. The molecule has 166 valence electrons. The molecule has 0 spiro atoms. The van der Waals surface area contributed by atoms with Gasteiger partial charge in [0.25, 0.3) is 0 Å². The number of ketones is 1. The molecule has 7 nitrogen and oxygen atoms in total. The fourth-order valence-corrected chi connectivity index (χ4v) is 3.84. The van der Waals surface area contributed by atoms with Crippen molar-refractivity contribution in [2.45, 2.75) is 13.3 Å². The Morgan fingerprint density at radius 1 is 1.03 bits per heavy atom. The minimum Gasteiger partial charge on any atom is -0.330 e. The third-order valence-electron chi connectivity index (χ3n) is 5.71. The Labute approximate surface area is 195 Å². The number of imidazole rings is 2. The van der Waals surface area contributed by atoms with Gasteiger partial charge in [-0.1, -0.05) is 24.3 Å². The molecular weight excluding hydrogens is 431 g/mol. The van der Waals surface area contributed by atoms with Crippen LogP contribution in [0.2, 0.25) is 0 Å². The van der Waals surface area contributed by atoms with Gasteiger partial charge in [0.2, 0.25) is 0 Å². The molecule has 2 aromatic carbocycles. The number of nitrogens with zero attached hydrogens (tertiary/aromatic N) is 6. The van der Waals surface area contributed by atoms with E-state index < -0.39 is 0 Å². The van der Waals surface area contributed by atoms with Gasteiger partial charge >= 0.3 is 0 Å². The minimum absolute atomic E-state index is 0.0824. The van der Waals surface area contributed by atoms with Gasteiger partial charge in [0, 0.05) is 18.2 Å². The SMILES string of the molecule is [C-]#[N+]c1ccc(C(=O)Cc2cn3nc(-c4c(-c5ccc(F)cc5)nc(C)n4C)ccc3n2)cc1. The van der Waals surface area contributed by atoms with E-state index in [1.165, 1.54) is 12.1 Å². The highest BCUT2D eigenvalue weighted by molar-refractivity contribution is 5.97. The van der Waals surface area contributed by atoms with Crippen molar-refractivity contribution in [1.82, 2.24) is 24.1 Å². The molecule has 5 aromatic rings. The average Bonchev–Trinajstić information content (AvgIpc) is 3.38. The summed E-state index contributed by atoms with van der Waals surface area (Å²) < 4.78 is 17.0. The Morgan fingerprint density at radius 2 is 1.76 bits per heavy atom. The van der Waals surface area contributed by atoms with E-state index in [0.29, 0.717) is 34.0 Å². The number of hydrogen-bond acceptors (Lipinski definition) is 4. The lowest BCUT2D eigenvalue weighted by atomic mass is 10.1. The van der Waals surface area contributed by atoms with Crippen LogP contribution in [-0.2, 0) is 13.5 Å². The number of halogens is 1. The number of Topliss-reactive ketones (excluding diaryl/α,β-unsaturated/α-hetero) is 1. The zero-order valence-corrected chi connectivity index (χ0v) is 18.5. The number of aryl methyl sites for hydroxylation is 1. The third kappa shape index (κ3) is 3.84. The number of carbonyl (C=O) groups excluding carboxylic acids is 1. The van der Waals surface area contributed by atoms with E-state index in [1.807, 2.05) is 30.7 Å². The van der Waals surface area contributed by atoms with Crippen LogP contribution in [0.4, 0.5) is 10.1 Å². The molecule has 5 rings (SSSR count). The van der Waals surface area contributed by atoms with Gasteiger partial charge in [-0.15, -0.1) is 0 Å². The molecule has 0 N–H and O–H groups in total. The van der Waals surface area contributed by atoms with Crippen molar-refractivity contribution >= 4 is 17.1 Å². The molecule has 0 aliphatic carbocycles. The summed E-state index contributed by atoms with van der Waals surface area (Å²) in [6.07, 6.45) is 1.87. The second kappa shape index (κ2) is 8.37. The van der Waals surface area contributed by atoms with Crippen LogP contribution in [0.5, 0.6) is 0 Å². The summed E-state index contributed by atoms with van der Waals surface area (Å²) in [5, 5.41) is 4.72. The standard InChI is InChI=1S/C26H19FN6O/c1-16-29-25(18-4-8-19(27)9-5-18)26(32(16)3)22-12-13-24-30-21(15-33(24)31-22)14-23(34)17-6-10-20(28-2)11-7-17/h4-13,15H,14H2,1,3H3. The van der Waals surface area contributed by atoms with Crippen molar-refractivity contribution < 1.29 is 9.18 Å². The smallest absolute Gasteiger partial charge is 0.187 e. The Hall–Kier alpha value is -4.64. The molecule has 8 heteroatoms. The van der Waals surface area contributed by atoms with Crippen LogP contribution in [-0.4, -0.2) is 29.9 Å². The second-order valence-electron chi connectivity index (χ2n) is 7.93. The van der Waals surface area contributed by atoms with Crippen LogP contribution in [0.15, 0.2) is 66.9 Å². The molecule has 0 aliphatic rings. The Balaban J connectivity index is 1.48. The molecule has 0 amide bonds. The van der Waals surface area contributed by atoms with Crippen molar-refractivity contribution in [3.63, 3.8) is 0 Å². The summed E-state index contributed by atoms with van der Waals surface area (Å²) in [6, 6.07) is 16.5. The number of carbonyl (C=O) groups is 1. The molecule has 0 bridgehead atoms. The van der Waals surface area contributed by atoms with Gasteiger partial charge < -0.3 is 4.57 Å². The maximum atomic E-state index is 13.4. The van der Waals surface area contributed by atoms with E-state index in [4.69, 9.17) is 11.7 Å². The van der Waals surface area contributed by atoms with Gasteiger partial charge in [-0.3, -0.25) is 4.79 Å². The molecule has 3 aromatic heterocycles. The zero-order chi connectivity index (χ0) is 23.8. The highest BCUT2D eigenvalue weighted by Crippen LogP contribution is 2.31. The predicted molar refractivity (Wildman–Crippen MR) is 126 cm³/mol. The molecule has 0 fully saturated rings. The first-order valence-corrected chi connectivity index (χ1v) is 10.6. The fourth-order valence-electron chi connectivity index (χ4n) is 3.84. The molecular formula is C26H19FN6O. The van der Waals surface area contributed by atoms with Gasteiger partial charge in [-0.05, 0) is 43.3 Å². The number of hydrogen-bond donors (Lipinski definition) is 0. The summed E-state index contributed by atoms with van der Waals surface area (Å²) in [5.74, 6) is 0.415. The molecule has 3 heterocycles. The van der Waals surface area contributed by atoms with Crippen LogP contribution < -0.4 is 0 Å². The number of fused-ring (bicyclic) bond motifs is 1. The number of aromatic nitrogens is 5. The van der Waals surface area contributed by atoms with Crippen LogP contribution in [0.3, 0.4) is 0 Å². The Kier molecular flexibility index (Phi) is 5.22. The molecule has 0 radical (unpaired) electrons.